The van der Waals surface area contributed by atoms with Gasteiger partial charge in [-0.2, -0.15) is 0 Å². The fraction of sp³-hybridized carbons (Fsp3) is 0.533. The maximum Gasteiger partial charge on any atom is 0.251 e. The van der Waals surface area contributed by atoms with Gasteiger partial charge >= 0.3 is 0 Å². The van der Waals surface area contributed by atoms with Crippen LogP contribution >= 0.6 is 0 Å². The van der Waals surface area contributed by atoms with E-state index >= 15 is 0 Å². The van der Waals surface area contributed by atoms with Crippen LogP contribution in [0.4, 0.5) is 0 Å². The number of amides is 1. The summed E-state index contributed by atoms with van der Waals surface area (Å²) in [6.07, 6.45) is 3.64. The van der Waals surface area contributed by atoms with Gasteiger partial charge in [0.05, 0.1) is 0 Å². The molecule has 2 unspecified atom stereocenters. The van der Waals surface area contributed by atoms with Crippen molar-refractivity contribution in [2.45, 2.75) is 26.2 Å². The molecule has 0 bridgehead atoms. The third-order valence-electron chi connectivity index (χ3n) is 3.92. The van der Waals surface area contributed by atoms with Crippen LogP contribution in [0, 0.1) is 18.8 Å². The Bertz CT molecular complexity index is 417. The van der Waals surface area contributed by atoms with Gasteiger partial charge in [-0.25, -0.2) is 0 Å². The summed E-state index contributed by atoms with van der Waals surface area (Å²) in [5.41, 5.74) is 7.61. The molecular weight excluding hydrogens is 224 g/mol. The molecule has 1 fully saturated rings. The molecule has 3 heteroatoms. The number of nitrogens with one attached hydrogen (secondary N) is 1. The molecule has 1 amide bonds. The van der Waals surface area contributed by atoms with Crippen LogP contribution in [0.3, 0.4) is 0 Å². The molecule has 98 valence electrons. The molecule has 2 rings (SSSR count). The highest BCUT2D eigenvalue weighted by molar-refractivity contribution is 5.94. The van der Waals surface area contributed by atoms with E-state index in [-0.39, 0.29) is 5.91 Å². The highest BCUT2D eigenvalue weighted by Gasteiger charge is 2.26. The maximum absolute atomic E-state index is 12.0. The largest absolute Gasteiger partial charge is 0.352 e. The van der Waals surface area contributed by atoms with Crippen LogP contribution in [-0.4, -0.2) is 19.0 Å². The van der Waals surface area contributed by atoms with E-state index in [2.05, 4.69) is 5.32 Å². The number of carbonyl (C=O) groups excluding carboxylic acids is 1. The van der Waals surface area contributed by atoms with Crippen molar-refractivity contribution >= 4 is 5.91 Å². The van der Waals surface area contributed by atoms with E-state index in [1.807, 2.05) is 31.2 Å². The zero-order valence-corrected chi connectivity index (χ0v) is 11.0. The van der Waals surface area contributed by atoms with Crippen molar-refractivity contribution in [3.05, 3.63) is 35.4 Å². The lowest BCUT2D eigenvalue weighted by Crippen LogP contribution is -2.32. The van der Waals surface area contributed by atoms with Gasteiger partial charge in [0.1, 0.15) is 0 Å². The van der Waals surface area contributed by atoms with Gasteiger partial charge in [0, 0.05) is 12.1 Å². The van der Waals surface area contributed by atoms with Gasteiger partial charge < -0.3 is 11.1 Å². The Balaban J connectivity index is 1.88. The van der Waals surface area contributed by atoms with Crippen LogP contribution in [0.25, 0.3) is 0 Å². The standard InChI is InChI=1S/C15H22N2O/c1-11-4-2-5-12(8-11)15(18)17-10-14-7-3-6-13(14)9-16/h2,4-5,8,13-14H,3,6-7,9-10,16H2,1H3,(H,17,18). The van der Waals surface area contributed by atoms with Gasteiger partial charge in [0.2, 0.25) is 0 Å². The lowest BCUT2D eigenvalue weighted by molar-refractivity contribution is 0.0944. The van der Waals surface area contributed by atoms with Gasteiger partial charge in [-0.15, -0.1) is 0 Å². The predicted molar refractivity (Wildman–Crippen MR) is 73.4 cm³/mol. The topological polar surface area (TPSA) is 55.1 Å². The van der Waals surface area contributed by atoms with E-state index in [0.29, 0.717) is 11.8 Å². The SMILES string of the molecule is Cc1cccc(C(=O)NCC2CCCC2CN)c1. The number of hydrogen-bond donors (Lipinski definition) is 2. The molecule has 18 heavy (non-hydrogen) atoms. The second-order valence-corrected chi connectivity index (χ2v) is 5.27. The Labute approximate surface area is 109 Å². The first-order valence-corrected chi connectivity index (χ1v) is 6.75. The lowest BCUT2D eigenvalue weighted by atomic mass is 9.96. The molecule has 0 heterocycles. The number of rotatable bonds is 4. The van der Waals surface area contributed by atoms with E-state index in [1.54, 1.807) is 0 Å². The van der Waals surface area contributed by atoms with E-state index in [0.717, 1.165) is 24.2 Å². The number of aryl methyl sites for hydroxylation is 1. The quantitative estimate of drug-likeness (QED) is 0.854. The molecule has 0 aromatic heterocycles. The predicted octanol–water partition coefficient (Wildman–Crippen LogP) is 2.10. The van der Waals surface area contributed by atoms with Crippen LogP contribution < -0.4 is 11.1 Å². The van der Waals surface area contributed by atoms with Crippen LogP contribution in [0.2, 0.25) is 0 Å². The summed E-state index contributed by atoms with van der Waals surface area (Å²) in [6.45, 7) is 3.50. The number of benzene rings is 1. The van der Waals surface area contributed by atoms with Crippen LogP contribution in [0.5, 0.6) is 0 Å². The molecule has 1 aliphatic rings. The smallest absolute Gasteiger partial charge is 0.251 e. The van der Waals surface area contributed by atoms with Crippen LogP contribution in [-0.2, 0) is 0 Å². The Morgan fingerprint density at radius 2 is 2.17 bits per heavy atom. The molecule has 0 saturated heterocycles. The van der Waals surface area contributed by atoms with Gasteiger partial charge in [-0.3, -0.25) is 4.79 Å². The minimum atomic E-state index is 0.0290. The average Bonchev–Trinajstić information content (AvgIpc) is 2.83. The van der Waals surface area contributed by atoms with Crippen LogP contribution in [0.15, 0.2) is 24.3 Å². The molecular formula is C15H22N2O. The number of carbonyl (C=O) groups is 1. The normalized spacial score (nSPS) is 23.0. The first-order valence-electron chi connectivity index (χ1n) is 6.75. The van der Waals surface area contributed by atoms with Gasteiger partial charge in [-0.1, -0.05) is 24.1 Å². The van der Waals surface area contributed by atoms with Crippen molar-refractivity contribution in [1.29, 1.82) is 0 Å². The summed E-state index contributed by atoms with van der Waals surface area (Å²) in [5, 5.41) is 3.04. The number of hydrogen-bond acceptors (Lipinski definition) is 2. The molecule has 1 aliphatic carbocycles. The molecule has 1 saturated carbocycles. The monoisotopic (exact) mass is 246 g/mol. The molecule has 3 N–H and O–H groups in total. The minimum absolute atomic E-state index is 0.0290. The second-order valence-electron chi connectivity index (χ2n) is 5.27. The summed E-state index contributed by atoms with van der Waals surface area (Å²) >= 11 is 0. The number of nitrogens with two attached hydrogens (primary N) is 1. The Hall–Kier alpha value is -1.35. The van der Waals surface area contributed by atoms with E-state index in [9.17, 15) is 4.79 Å². The summed E-state index contributed by atoms with van der Waals surface area (Å²) in [5.74, 6) is 1.17. The Morgan fingerprint density at radius 3 is 2.89 bits per heavy atom. The first-order chi connectivity index (χ1) is 8.70. The van der Waals surface area contributed by atoms with Crippen molar-refractivity contribution in [2.75, 3.05) is 13.1 Å². The average molecular weight is 246 g/mol. The summed E-state index contributed by atoms with van der Waals surface area (Å²) in [7, 11) is 0. The van der Waals surface area contributed by atoms with Gasteiger partial charge in [0.25, 0.3) is 5.91 Å². The summed E-state index contributed by atoms with van der Waals surface area (Å²) in [6, 6.07) is 7.70. The summed E-state index contributed by atoms with van der Waals surface area (Å²) < 4.78 is 0. The fourth-order valence-corrected chi connectivity index (χ4v) is 2.80. The summed E-state index contributed by atoms with van der Waals surface area (Å²) in [4.78, 5) is 12.0. The van der Waals surface area contributed by atoms with Crippen molar-refractivity contribution in [3.63, 3.8) is 0 Å². The van der Waals surface area contributed by atoms with Crippen molar-refractivity contribution in [2.24, 2.45) is 17.6 Å². The second kappa shape index (κ2) is 6.01. The van der Waals surface area contributed by atoms with Gasteiger partial charge in [0.15, 0.2) is 0 Å². The maximum atomic E-state index is 12.0. The van der Waals surface area contributed by atoms with Crippen molar-refractivity contribution < 1.29 is 4.79 Å². The molecule has 3 nitrogen and oxygen atoms in total. The van der Waals surface area contributed by atoms with Crippen molar-refractivity contribution in [1.82, 2.24) is 5.32 Å². The molecule has 0 aliphatic heterocycles. The Kier molecular flexibility index (Phi) is 4.37. The molecule has 0 spiro atoms. The van der Waals surface area contributed by atoms with Gasteiger partial charge in [-0.05, 0) is 50.3 Å². The van der Waals surface area contributed by atoms with E-state index < -0.39 is 0 Å². The highest BCUT2D eigenvalue weighted by atomic mass is 16.1. The van der Waals surface area contributed by atoms with Crippen molar-refractivity contribution in [3.8, 4) is 0 Å². The third kappa shape index (κ3) is 3.10. The first kappa shape index (κ1) is 13.1. The molecule has 2 atom stereocenters. The molecule has 0 radical (unpaired) electrons. The third-order valence-corrected chi connectivity index (χ3v) is 3.92. The van der Waals surface area contributed by atoms with E-state index in [4.69, 9.17) is 5.73 Å². The Morgan fingerprint density at radius 1 is 1.39 bits per heavy atom. The molecule has 1 aromatic rings. The minimum Gasteiger partial charge on any atom is -0.352 e. The van der Waals surface area contributed by atoms with E-state index in [1.165, 1.54) is 19.3 Å². The molecule has 1 aromatic carbocycles. The van der Waals surface area contributed by atoms with Crippen LogP contribution in [0.1, 0.15) is 35.2 Å². The lowest BCUT2D eigenvalue weighted by Gasteiger charge is -2.18. The zero-order chi connectivity index (χ0) is 13.0. The fourth-order valence-electron chi connectivity index (χ4n) is 2.80. The highest BCUT2D eigenvalue weighted by Crippen LogP contribution is 2.30. The zero-order valence-electron chi connectivity index (χ0n) is 11.0.